The van der Waals surface area contributed by atoms with Gasteiger partial charge in [0, 0.05) is 6.21 Å². The normalized spacial score (nSPS) is 11.3. The maximum absolute atomic E-state index is 12.4. The quantitative estimate of drug-likeness (QED) is 0.625. The van der Waals surface area contributed by atoms with Gasteiger partial charge in [-0.3, -0.25) is 14.8 Å². The topological polar surface area (TPSA) is 87.4 Å². The smallest absolute Gasteiger partial charge is 0.335 e. The molecule has 0 amide bonds. The molecule has 0 aliphatic carbocycles. The van der Waals surface area contributed by atoms with Crippen molar-refractivity contribution >= 4 is 35.1 Å². The first-order valence-electron chi connectivity index (χ1n) is 8.34. The maximum atomic E-state index is 12.4. The Morgan fingerprint density at radius 1 is 1.04 bits per heavy atom. The van der Waals surface area contributed by atoms with E-state index in [2.05, 4.69) is 9.98 Å². The molecule has 1 heterocycles. The van der Waals surface area contributed by atoms with Crippen molar-refractivity contribution in [3.05, 3.63) is 83.5 Å². The minimum absolute atomic E-state index is 0.148. The molecule has 0 spiro atoms. The zero-order chi connectivity index (χ0) is 20.6. The first-order chi connectivity index (χ1) is 13.2. The maximum Gasteiger partial charge on any atom is 0.335 e. The summed E-state index contributed by atoms with van der Waals surface area (Å²) >= 11 is 11.8. The summed E-state index contributed by atoms with van der Waals surface area (Å²) in [6.07, 6.45) is 1.18. The second kappa shape index (κ2) is 7.66. The number of aryl methyl sites for hydroxylation is 3. The fourth-order valence-corrected chi connectivity index (χ4v) is 3.38. The van der Waals surface area contributed by atoms with Gasteiger partial charge in [-0.1, -0.05) is 40.9 Å². The number of aromatic hydroxyl groups is 1. The van der Waals surface area contributed by atoms with Crippen molar-refractivity contribution < 1.29 is 5.11 Å². The van der Waals surface area contributed by atoms with Crippen LogP contribution < -0.4 is 11.2 Å². The molecule has 6 nitrogen and oxygen atoms in total. The number of aromatic amines is 1. The molecule has 0 unspecified atom stereocenters. The number of rotatable bonds is 3. The molecule has 0 radical (unpaired) electrons. The van der Waals surface area contributed by atoms with Gasteiger partial charge in [0.15, 0.2) is 0 Å². The number of halogens is 2. The minimum Gasteiger partial charge on any atom is -0.493 e. The van der Waals surface area contributed by atoms with Gasteiger partial charge in [0.1, 0.15) is 5.56 Å². The van der Waals surface area contributed by atoms with Crippen LogP contribution >= 0.6 is 23.2 Å². The Morgan fingerprint density at radius 3 is 2.29 bits per heavy atom. The zero-order valence-corrected chi connectivity index (χ0v) is 16.9. The third kappa shape index (κ3) is 3.74. The van der Waals surface area contributed by atoms with E-state index in [4.69, 9.17) is 23.2 Å². The Morgan fingerprint density at radius 2 is 1.68 bits per heavy atom. The van der Waals surface area contributed by atoms with Gasteiger partial charge >= 0.3 is 5.69 Å². The summed E-state index contributed by atoms with van der Waals surface area (Å²) in [4.78, 5) is 31.1. The van der Waals surface area contributed by atoms with Gasteiger partial charge < -0.3 is 5.11 Å². The molecule has 144 valence electrons. The van der Waals surface area contributed by atoms with Crippen molar-refractivity contribution in [3.63, 3.8) is 0 Å². The number of benzene rings is 2. The molecule has 2 aromatic carbocycles. The number of H-pyrrole nitrogens is 1. The third-order valence-corrected chi connectivity index (χ3v) is 4.96. The largest absolute Gasteiger partial charge is 0.493 e. The Hall–Kier alpha value is -2.83. The lowest BCUT2D eigenvalue weighted by Crippen LogP contribution is -2.32. The highest BCUT2D eigenvalue weighted by Crippen LogP contribution is 2.27. The lowest BCUT2D eigenvalue weighted by molar-refractivity contribution is 0.429. The van der Waals surface area contributed by atoms with Gasteiger partial charge in [-0.15, -0.1) is 0 Å². The van der Waals surface area contributed by atoms with Crippen molar-refractivity contribution in [2.75, 3.05) is 0 Å². The highest BCUT2D eigenvalue weighted by atomic mass is 35.5. The summed E-state index contributed by atoms with van der Waals surface area (Å²) in [5.74, 6) is -0.493. The van der Waals surface area contributed by atoms with E-state index in [-0.39, 0.29) is 5.56 Å². The van der Waals surface area contributed by atoms with E-state index in [1.807, 2.05) is 32.9 Å². The fraction of sp³-hybridized carbons (Fsp3) is 0.150. The summed E-state index contributed by atoms with van der Waals surface area (Å²) in [5, 5.41) is 11.4. The predicted molar refractivity (Wildman–Crippen MR) is 112 cm³/mol. The van der Waals surface area contributed by atoms with Gasteiger partial charge in [-0.05, 0) is 50.1 Å². The predicted octanol–water partition coefficient (Wildman–Crippen LogP) is 4.21. The molecule has 0 saturated carbocycles. The summed E-state index contributed by atoms with van der Waals surface area (Å²) < 4.78 is 1.07. The molecule has 0 aliphatic heterocycles. The van der Waals surface area contributed by atoms with E-state index in [9.17, 15) is 14.7 Å². The molecule has 0 saturated heterocycles. The van der Waals surface area contributed by atoms with E-state index >= 15 is 0 Å². The van der Waals surface area contributed by atoms with E-state index in [1.165, 1.54) is 12.3 Å². The van der Waals surface area contributed by atoms with Crippen LogP contribution in [0.15, 0.2) is 44.9 Å². The number of hydrogen-bond acceptors (Lipinski definition) is 4. The van der Waals surface area contributed by atoms with Crippen LogP contribution in [0.3, 0.4) is 0 Å². The van der Waals surface area contributed by atoms with Gasteiger partial charge in [0.2, 0.25) is 5.88 Å². The number of hydrogen-bond donors (Lipinski definition) is 2. The first-order valence-corrected chi connectivity index (χ1v) is 9.10. The van der Waals surface area contributed by atoms with E-state index in [0.29, 0.717) is 21.4 Å². The van der Waals surface area contributed by atoms with E-state index in [1.54, 1.807) is 12.1 Å². The first kappa shape index (κ1) is 19.9. The average Bonchev–Trinajstić information content (AvgIpc) is 2.59. The Balaban J connectivity index is 2.19. The van der Waals surface area contributed by atoms with E-state index < -0.39 is 17.1 Å². The van der Waals surface area contributed by atoms with E-state index in [0.717, 1.165) is 21.3 Å². The monoisotopic (exact) mass is 417 g/mol. The number of aromatic nitrogens is 2. The zero-order valence-electron chi connectivity index (χ0n) is 15.4. The summed E-state index contributed by atoms with van der Waals surface area (Å²) in [6.45, 7) is 5.60. The Bertz CT molecular complexity index is 1200. The van der Waals surface area contributed by atoms with Crippen molar-refractivity contribution in [3.8, 4) is 11.6 Å². The molecule has 3 aromatic rings. The Labute approximate surface area is 170 Å². The van der Waals surface area contributed by atoms with Crippen LogP contribution in [0.2, 0.25) is 10.0 Å². The highest BCUT2D eigenvalue weighted by Gasteiger charge is 2.17. The van der Waals surface area contributed by atoms with Crippen LogP contribution in [0.4, 0.5) is 5.69 Å². The third-order valence-electron chi connectivity index (χ3n) is 4.23. The van der Waals surface area contributed by atoms with Crippen LogP contribution in [-0.4, -0.2) is 20.9 Å². The van der Waals surface area contributed by atoms with Crippen LogP contribution in [0, 0.1) is 20.8 Å². The van der Waals surface area contributed by atoms with Crippen molar-refractivity contribution in [2.24, 2.45) is 4.99 Å². The fourth-order valence-electron chi connectivity index (χ4n) is 3.09. The standard InChI is InChI=1S/C20H17Cl2N3O3/c1-10-6-11(2)17(12(3)7-10)25-19(27)14(18(26)24-20(25)28)9-23-13-4-5-15(21)16(22)8-13/h4-9,27H,1-3H3,(H,24,26,28). The lowest BCUT2D eigenvalue weighted by Gasteiger charge is -2.15. The van der Waals surface area contributed by atoms with Gasteiger partial charge in [-0.25, -0.2) is 9.36 Å². The Kier molecular flexibility index (Phi) is 5.45. The number of nitrogens with one attached hydrogen (secondary N) is 1. The molecule has 28 heavy (non-hydrogen) atoms. The molecular weight excluding hydrogens is 401 g/mol. The molecular formula is C20H17Cl2N3O3. The summed E-state index contributed by atoms with van der Waals surface area (Å²) in [7, 11) is 0. The highest BCUT2D eigenvalue weighted by molar-refractivity contribution is 6.42. The molecule has 2 N–H and O–H groups in total. The van der Waals surface area contributed by atoms with Crippen LogP contribution in [0.5, 0.6) is 5.88 Å². The second-order valence-corrected chi connectivity index (χ2v) is 7.25. The van der Waals surface area contributed by atoms with Crippen LogP contribution in [0.1, 0.15) is 22.3 Å². The number of nitrogens with zero attached hydrogens (tertiary/aromatic N) is 2. The SMILES string of the molecule is Cc1cc(C)c(-n2c(O)c(C=Nc3ccc(Cl)c(Cl)c3)c(=O)[nH]c2=O)c(C)c1. The van der Waals surface area contributed by atoms with Crippen LogP contribution in [-0.2, 0) is 0 Å². The van der Waals surface area contributed by atoms with Crippen LogP contribution in [0.25, 0.3) is 5.69 Å². The van der Waals surface area contributed by atoms with Crippen molar-refractivity contribution in [1.29, 1.82) is 0 Å². The van der Waals surface area contributed by atoms with Gasteiger partial charge in [-0.2, -0.15) is 0 Å². The average molecular weight is 418 g/mol. The van der Waals surface area contributed by atoms with Gasteiger partial charge in [0.05, 0.1) is 21.4 Å². The lowest BCUT2D eigenvalue weighted by atomic mass is 10.0. The summed E-state index contributed by atoms with van der Waals surface area (Å²) in [5.41, 5.74) is 1.92. The molecule has 3 rings (SSSR count). The van der Waals surface area contributed by atoms with Gasteiger partial charge in [0.25, 0.3) is 5.56 Å². The number of aliphatic imine (C=N–C) groups is 1. The van der Waals surface area contributed by atoms with Crippen molar-refractivity contribution in [1.82, 2.24) is 9.55 Å². The molecule has 0 aliphatic rings. The van der Waals surface area contributed by atoms with Crippen molar-refractivity contribution in [2.45, 2.75) is 20.8 Å². The molecule has 0 fully saturated rings. The molecule has 0 atom stereocenters. The second-order valence-electron chi connectivity index (χ2n) is 6.44. The molecule has 8 heteroatoms. The minimum atomic E-state index is -0.745. The summed E-state index contributed by atoms with van der Waals surface area (Å²) in [6, 6.07) is 8.49. The molecule has 1 aromatic heterocycles. The molecule has 0 bridgehead atoms.